The molecule has 0 aromatic heterocycles. The molecule has 6 atom stereocenters. The third kappa shape index (κ3) is 7.42. The van der Waals surface area contributed by atoms with Crippen LogP contribution in [0.2, 0.25) is 0 Å². The number of nitrogens with one attached hydrogen (secondary N) is 3. The molecular formula is C38H50N4O6. The zero-order valence-electron chi connectivity index (χ0n) is 29.2. The second-order valence-electron chi connectivity index (χ2n) is 15.3. The summed E-state index contributed by atoms with van der Waals surface area (Å²) >= 11 is 0. The summed E-state index contributed by atoms with van der Waals surface area (Å²) in [5, 5.41) is 8.51. The Hall–Kier alpha value is -4.21. The van der Waals surface area contributed by atoms with Gasteiger partial charge in [0.05, 0.1) is 12.1 Å². The zero-order chi connectivity index (χ0) is 35.0. The maximum absolute atomic E-state index is 14.5. The van der Waals surface area contributed by atoms with Crippen molar-refractivity contribution in [2.75, 3.05) is 6.54 Å². The van der Waals surface area contributed by atoms with E-state index in [0.29, 0.717) is 25.8 Å². The number of hydrogen-bond acceptors (Lipinski definition) is 6. The van der Waals surface area contributed by atoms with E-state index in [-0.39, 0.29) is 35.5 Å². The van der Waals surface area contributed by atoms with Gasteiger partial charge in [-0.15, -0.1) is 0 Å². The minimum Gasteiger partial charge on any atom is -0.444 e. The highest BCUT2D eigenvalue weighted by atomic mass is 16.6. The Bertz CT molecular complexity index is 1520. The van der Waals surface area contributed by atoms with Crippen LogP contribution in [0.5, 0.6) is 0 Å². The number of rotatable bonds is 11. The highest BCUT2D eigenvalue weighted by Gasteiger charge is 2.69. The van der Waals surface area contributed by atoms with Gasteiger partial charge < -0.3 is 25.6 Å². The molecule has 2 aliphatic carbocycles. The summed E-state index contributed by atoms with van der Waals surface area (Å²) < 4.78 is 5.56. The minimum absolute atomic E-state index is 0.0931. The molecule has 1 heterocycles. The molecule has 1 saturated carbocycles. The Kier molecular flexibility index (Phi) is 10.0. The number of fused-ring (bicyclic) bond motifs is 2. The Labute approximate surface area is 283 Å². The first-order valence-electron chi connectivity index (χ1n) is 17.2. The number of nitrogens with zero attached hydrogens (tertiary/aromatic N) is 1. The van der Waals surface area contributed by atoms with Gasteiger partial charge in [-0.05, 0) is 86.8 Å². The van der Waals surface area contributed by atoms with Gasteiger partial charge in [-0.3, -0.25) is 19.2 Å². The van der Waals surface area contributed by atoms with Crippen LogP contribution in [-0.4, -0.2) is 64.8 Å². The molecule has 0 spiro atoms. The van der Waals surface area contributed by atoms with Crippen molar-refractivity contribution in [2.24, 2.45) is 23.2 Å². The van der Waals surface area contributed by atoms with Gasteiger partial charge in [-0.25, -0.2) is 4.79 Å². The first kappa shape index (κ1) is 35.1. The van der Waals surface area contributed by atoms with E-state index in [9.17, 15) is 24.0 Å². The number of amides is 4. The molecule has 0 bridgehead atoms. The molecule has 1 unspecified atom stereocenters. The van der Waals surface area contributed by atoms with Crippen molar-refractivity contribution in [3.63, 3.8) is 0 Å². The van der Waals surface area contributed by atoms with Gasteiger partial charge in [-0.2, -0.15) is 0 Å². The Morgan fingerprint density at radius 2 is 1.52 bits per heavy atom. The summed E-state index contributed by atoms with van der Waals surface area (Å²) in [5.41, 5.74) is 2.18. The van der Waals surface area contributed by atoms with Crippen molar-refractivity contribution >= 4 is 29.6 Å². The van der Waals surface area contributed by atoms with Gasteiger partial charge >= 0.3 is 6.09 Å². The Morgan fingerprint density at radius 1 is 0.917 bits per heavy atom. The monoisotopic (exact) mass is 658 g/mol. The summed E-state index contributed by atoms with van der Waals surface area (Å²) in [6, 6.07) is 14.2. The molecule has 2 aromatic rings. The molecule has 258 valence electrons. The lowest BCUT2D eigenvalue weighted by Crippen LogP contribution is -2.59. The van der Waals surface area contributed by atoms with E-state index in [4.69, 9.17) is 4.74 Å². The fraction of sp³-hybridized carbons (Fsp3) is 0.553. The summed E-state index contributed by atoms with van der Waals surface area (Å²) in [6.45, 7) is 13.5. The molecule has 4 amide bonds. The van der Waals surface area contributed by atoms with Crippen molar-refractivity contribution < 1.29 is 28.7 Å². The molecule has 2 aromatic carbocycles. The van der Waals surface area contributed by atoms with Crippen LogP contribution in [0.4, 0.5) is 4.79 Å². The lowest BCUT2D eigenvalue weighted by atomic mass is 9.93. The van der Waals surface area contributed by atoms with E-state index in [0.717, 1.165) is 16.7 Å². The van der Waals surface area contributed by atoms with Crippen LogP contribution >= 0.6 is 0 Å². The van der Waals surface area contributed by atoms with Crippen molar-refractivity contribution in [3.8, 4) is 0 Å². The Morgan fingerprint density at radius 3 is 2.10 bits per heavy atom. The lowest BCUT2D eigenvalue weighted by molar-refractivity contribution is -0.145. The summed E-state index contributed by atoms with van der Waals surface area (Å²) in [7, 11) is 0. The van der Waals surface area contributed by atoms with E-state index < -0.39 is 53.5 Å². The van der Waals surface area contributed by atoms with E-state index in [1.807, 2.05) is 61.5 Å². The maximum Gasteiger partial charge on any atom is 0.408 e. The van der Waals surface area contributed by atoms with Gasteiger partial charge in [0, 0.05) is 6.54 Å². The molecule has 10 nitrogen and oxygen atoms in total. The third-order valence-electron chi connectivity index (χ3n) is 10.3. The maximum atomic E-state index is 14.5. The fourth-order valence-electron chi connectivity index (χ4n) is 7.70. The first-order valence-corrected chi connectivity index (χ1v) is 17.2. The highest BCUT2D eigenvalue weighted by molar-refractivity contribution is 6.38. The number of likely N-dealkylation sites (tertiary alicyclic amines) is 1. The minimum atomic E-state index is -1.04. The summed E-state index contributed by atoms with van der Waals surface area (Å²) in [6.07, 6.45) is 1.36. The topological polar surface area (TPSA) is 134 Å². The first-order chi connectivity index (χ1) is 22.6. The van der Waals surface area contributed by atoms with Crippen LogP contribution in [0.25, 0.3) is 0 Å². The smallest absolute Gasteiger partial charge is 0.408 e. The van der Waals surface area contributed by atoms with Crippen molar-refractivity contribution in [1.82, 2.24) is 20.9 Å². The number of hydrogen-bond donors (Lipinski definition) is 3. The molecule has 48 heavy (non-hydrogen) atoms. The van der Waals surface area contributed by atoms with Crippen LogP contribution in [-0.2, 0) is 36.8 Å². The second kappa shape index (κ2) is 13.7. The van der Waals surface area contributed by atoms with Crippen LogP contribution in [0.1, 0.15) is 84.0 Å². The second-order valence-corrected chi connectivity index (χ2v) is 15.3. The molecule has 1 aliphatic heterocycles. The molecule has 3 N–H and O–H groups in total. The van der Waals surface area contributed by atoms with Gasteiger partial charge in [0.2, 0.25) is 17.6 Å². The predicted octanol–water partition coefficient (Wildman–Crippen LogP) is 4.51. The standard InChI is InChI=1S/C38H50N4O6/c1-8-14-28(32(43)34(45)39-22(2)23-15-10-9-11-16-23)40-33(44)31-29-27(38(29,6)7)21-42(31)35(46)30(41-36(47)48-37(3,4)5)26-19-24-17-12-13-18-25(24)20-26/h9-13,15-18,22,26-31H,8,14,19-21H2,1-7H3,(H,39,45)(H,40,44)(H,41,47)/t22-,27-,28?,29-,30-,31-/m0/s1. The number of carbonyl (C=O) groups excluding carboxylic acids is 5. The van der Waals surface area contributed by atoms with Crippen LogP contribution in [0, 0.1) is 23.2 Å². The van der Waals surface area contributed by atoms with Gasteiger partial charge in [0.15, 0.2) is 0 Å². The summed E-state index contributed by atoms with van der Waals surface area (Å²) in [4.78, 5) is 69.9. The van der Waals surface area contributed by atoms with Crippen LogP contribution < -0.4 is 16.0 Å². The number of ether oxygens (including phenoxy) is 1. The SMILES string of the molecule is CCCC(NC(=O)[C@@H]1[C@@H]2[C@H](CN1C(=O)[C@@H](NC(=O)OC(C)(C)C)C1Cc3ccccc3C1)C2(C)C)C(=O)C(=O)N[C@@H](C)c1ccccc1. The molecular weight excluding hydrogens is 608 g/mol. The predicted molar refractivity (Wildman–Crippen MR) is 182 cm³/mol. The van der Waals surface area contributed by atoms with E-state index >= 15 is 0 Å². The zero-order valence-corrected chi connectivity index (χ0v) is 29.2. The normalized spacial score (nSPS) is 22.8. The van der Waals surface area contributed by atoms with Gasteiger partial charge in [0.1, 0.15) is 17.7 Å². The number of Topliss-reactive ketones (excluding diaryl/α,β-unsaturated/α-hetero) is 1. The van der Waals surface area contributed by atoms with Gasteiger partial charge in [0.25, 0.3) is 5.91 Å². The van der Waals surface area contributed by atoms with E-state index in [1.165, 1.54) is 0 Å². The van der Waals surface area contributed by atoms with Crippen molar-refractivity contribution in [2.45, 2.75) is 104 Å². The third-order valence-corrected chi connectivity index (χ3v) is 10.3. The van der Waals surface area contributed by atoms with Crippen LogP contribution in [0.15, 0.2) is 54.6 Å². The molecule has 5 rings (SSSR count). The number of ketones is 1. The number of benzene rings is 2. The van der Waals surface area contributed by atoms with Crippen molar-refractivity contribution in [1.29, 1.82) is 0 Å². The number of carbonyl (C=O) groups is 5. The van der Waals surface area contributed by atoms with Crippen LogP contribution in [0.3, 0.4) is 0 Å². The lowest BCUT2D eigenvalue weighted by Gasteiger charge is -2.35. The van der Waals surface area contributed by atoms with E-state index in [1.54, 1.807) is 32.6 Å². The average Bonchev–Trinajstić information content (AvgIpc) is 3.39. The molecule has 2 fully saturated rings. The quantitative estimate of drug-likeness (QED) is 0.305. The Balaban J connectivity index is 1.35. The number of alkyl carbamates (subject to hydrolysis) is 1. The molecule has 1 saturated heterocycles. The summed E-state index contributed by atoms with van der Waals surface area (Å²) in [5.74, 6) is -2.53. The molecule has 3 aliphatic rings. The highest BCUT2D eigenvalue weighted by Crippen LogP contribution is 2.65. The molecule has 0 radical (unpaired) electrons. The molecule has 10 heteroatoms. The van der Waals surface area contributed by atoms with Gasteiger partial charge in [-0.1, -0.05) is 81.8 Å². The fourth-order valence-corrected chi connectivity index (χ4v) is 7.70. The van der Waals surface area contributed by atoms with E-state index in [2.05, 4.69) is 29.8 Å². The largest absolute Gasteiger partial charge is 0.444 e. The average molecular weight is 659 g/mol. The number of piperidine rings is 1. The van der Waals surface area contributed by atoms with Crippen molar-refractivity contribution in [3.05, 3.63) is 71.3 Å².